The van der Waals surface area contributed by atoms with Crippen LogP contribution in [-0.2, 0) is 22.7 Å². The van der Waals surface area contributed by atoms with Crippen LogP contribution < -0.4 is 15.6 Å². The molecule has 2 aromatic heterocycles. The first-order chi connectivity index (χ1) is 20.8. The molecule has 2 amide bonds. The van der Waals surface area contributed by atoms with Gasteiger partial charge in [0.05, 0.1) is 12.1 Å². The maximum atomic E-state index is 14.3. The molecule has 1 fully saturated rings. The molecule has 2 N–H and O–H groups in total. The molecule has 1 aliphatic heterocycles. The maximum Gasteiger partial charge on any atom is 0.274 e. The Labute approximate surface area is 245 Å². The van der Waals surface area contributed by atoms with Gasteiger partial charge in [0.25, 0.3) is 5.56 Å². The van der Waals surface area contributed by atoms with Crippen LogP contribution in [0, 0.1) is 17.5 Å². The molecule has 11 heteroatoms. The van der Waals surface area contributed by atoms with E-state index in [1.54, 1.807) is 30.5 Å². The largest absolute Gasteiger partial charge is 0.486 e. The fourth-order valence-corrected chi connectivity index (χ4v) is 4.99. The third-order valence-electron chi connectivity index (χ3n) is 7.20. The van der Waals surface area contributed by atoms with Crippen LogP contribution in [0.25, 0.3) is 10.9 Å². The minimum Gasteiger partial charge on any atom is -0.486 e. The van der Waals surface area contributed by atoms with E-state index in [1.165, 1.54) is 22.8 Å². The van der Waals surface area contributed by atoms with Crippen molar-refractivity contribution in [2.75, 3.05) is 18.4 Å². The Morgan fingerprint density at radius 2 is 1.84 bits per heavy atom. The first-order valence-corrected chi connectivity index (χ1v) is 14.1. The van der Waals surface area contributed by atoms with Crippen LogP contribution in [0.1, 0.15) is 43.4 Å². The second kappa shape index (κ2) is 13.5. The van der Waals surface area contributed by atoms with Crippen LogP contribution in [0.15, 0.2) is 71.7 Å². The number of pyridine rings is 1. The number of aromatic nitrogens is 2. The molecule has 0 aliphatic carbocycles. The molecule has 43 heavy (non-hydrogen) atoms. The van der Waals surface area contributed by atoms with Crippen molar-refractivity contribution >= 4 is 28.4 Å². The SMILES string of the molecule is O=C(CCC/C=C/C(=O)N1CCCC1)Nc1cccn(Cc2cc3cc(F)cc(OCc4ccc(F)cc4F)c3[nH]2)c1=O. The van der Waals surface area contributed by atoms with Crippen molar-refractivity contribution in [3.63, 3.8) is 0 Å². The standard InChI is InChI=1S/C32H31F3N4O4/c33-23-11-10-21(26(35)17-23)20-43-28-18-24(34)15-22-16-25(36-31(22)28)19-39-14-6-7-27(32(39)42)37-29(40)8-2-1-3-9-30(41)38-12-4-5-13-38/h3,6-7,9-11,14-18,36H,1-2,4-5,8,12-13,19-20H2,(H,37,40)/b9-3+. The molecule has 1 aliphatic rings. The second-order valence-electron chi connectivity index (χ2n) is 10.4. The van der Waals surface area contributed by atoms with Crippen molar-refractivity contribution in [2.45, 2.75) is 45.3 Å². The van der Waals surface area contributed by atoms with Crippen molar-refractivity contribution in [1.29, 1.82) is 0 Å². The predicted molar refractivity (Wildman–Crippen MR) is 156 cm³/mol. The number of H-pyrrole nitrogens is 1. The van der Waals surface area contributed by atoms with Gasteiger partial charge >= 0.3 is 0 Å². The topological polar surface area (TPSA) is 96.4 Å². The number of likely N-dealkylation sites (tertiary alicyclic amines) is 1. The number of unbranched alkanes of at least 4 members (excludes halogenated alkanes) is 1. The number of aromatic amines is 1. The zero-order chi connectivity index (χ0) is 30.3. The number of benzene rings is 2. The molecule has 0 radical (unpaired) electrons. The number of amides is 2. The van der Waals surface area contributed by atoms with Crippen LogP contribution >= 0.6 is 0 Å². The van der Waals surface area contributed by atoms with Crippen LogP contribution in [0.4, 0.5) is 18.9 Å². The van der Waals surface area contributed by atoms with Gasteiger partial charge in [-0.1, -0.05) is 6.08 Å². The molecule has 1 saturated heterocycles. The number of fused-ring (bicyclic) bond motifs is 1. The van der Waals surface area contributed by atoms with Crippen molar-refractivity contribution in [1.82, 2.24) is 14.5 Å². The molecular formula is C32H31F3N4O4. The first kappa shape index (κ1) is 29.7. The molecule has 0 spiro atoms. The molecule has 2 aromatic carbocycles. The normalized spacial score (nSPS) is 13.2. The van der Waals surface area contributed by atoms with E-state index in [4.69, 9.17) is 4.74 Å². The van der Waals surface area contributed by atoms with E-state index in [0.29, 0.717) is 29.4 Å². The number of allylic oxidation sites excluding steroid dienone is 1. The van der Waals surface area contributed by atoms with E-state index < -0.39 is 23.0 Å². The van der Waals surface area contributed by atoms with Crippen molar-refractivity contribution in [3.05, 3.63) is 106 Å². The lowest BCUT2D eigenvalue weighted by Gasteiger charge is -2.11. The number of rotatable bonds is 11. The number of carbonyl (C=O) groups excluding carboxylic acids is 2. The van der Waals surface area contributed by atoms with E-state index in [9.17, 15) is 27.6 Å². The van der Waals surface area contributed by atoms with Gasteiger partial charge in [-0.05, 0) is 68.2 Å². The zero-order valence-corrected chi connectivity index (χ0v) is 23.4. The number of hydrogen-bond acceptors (Lipinski definition) is 4. The average Bonchev–Trinajstić information content (AvgIpc) is 3.65. The van der Waals surface area contributed by atoms with Crippen molar-refractivity contribution in [2.24, 2.45) is 0 Å². The van der Waals surface area contributed by atoms with Gasteiger partial charge in [-0.3, -0.25) is 14.4 Å². The minimum absolute atomic E-state index is 0.00368. The Kier molecular flexibility index (Phi) is 9.29. The fourth-order valence-electron chi connectivity index (χ4n) is 4.99. The van der Waals surface area contributed by atoms with Gasteiger partial charge in [0.1, 0.15) is 35.5 Å². The summed E-state index contributed by atoms with van der Waals surface area (Å²) >= 11 is 0. The number of nitrogens with one attached hydrogen (secondary N) is 2. The average molecular weight is 593 g/mol. The summed E-state index contributed by atoms with van der Waals surface area (Å²) in [6.45, 7) is 1.43. The summed E-state index contributed by atoms with van der Waals surface area (Å²) in [6.07, 6.45) is 8.24. The minimum atomic E-state index is -0.771. The summed E-state index contributed by atoms with van der Waals surface area (Å²) in [4.78, 5) is 42.5. The van der Waals surface area contributed by atoms with Gasteiger partial charge in [0.2, 0.25) is 11.8 Å². The van der Waals surface area contributed by atoms with Crippen molar-refractivity contribution < 1.29 is 27.5 Å². The fraction of sp³-hybridized carbons (Fsp3) is 0.281. The van der Waals surface area contributed by atoms with Gasteiger partial charge in [-0.15, -0.1) is 0 Å². The summed E-state index contributed by atoms with van der Waals surface area (Å²) in [6, 6.07) is 10.4. The number of ether oxygens (including phenoxy) is 1. The first-order valence-electron chi connectivity index (χ1n) is 14.1. The van der Waals surface area contributed by atoms with E-state index >= 15 is 0 Å². The van der Waals surface area contributed by atoms with Gasteiger partial charge in [0, 0.05) is 54.5 Å². The molecule has 0 unspecified atom stereocenters. The van der Waals surface area contributed by atoms with Gasteiger partial charge < -0.3 is 24.5 Å². The second-order valence-corrected chi connectivity index (χ2v) is 10.4. The third-order valence-corrected chi connectivity index (χ3v) is 7.20. The smallest absolute Gasteiger partial charge is 0.274 e. The molecule has 224 valence electrons. The van der Waals surface area contributed by atoms with E-state index in [-0.39, 0.29) is 48.4 Å². The Hall–Kier alpha value is -4.80. The maximum absolute atomic E-state index is 14.3. The molecule has 5 rings (SSSR count). The number of hydrogen-bond donors (Lipinski definition) is 2. The van der Waals surface area contributed by atoms with Crippen LogP contribution in [-0.4, -0.2) is 39.4 Å². The Morgan fingerprint density at radius 1 is 1.02 bits per heavy atom. The lowest BCUT2D eigenvalue weighted by molar-refractivity contribution is -0.125. The molecule has 0 saturated carbocycles. The Balaban J connectivity index is 1.20. The van der Waals surface area contributed by atoms with E-state index in [2.05, 4.69) is 10.3 Å². The lowest BCUT2D eigenvalue weighted by Crippen LogP contribution is -2.25. The summed E-state index contributed by atoms with van der Waals surface area (Å²) in [5.41, 5.74) is 0.840. The van der Waals surface area contributed by atoms with Gasteiger partial charge in [-0.2, -0.15) is 0 Å². The predicted octanol–water partition coefficient (Wildman–Crippen LogP) is 5.66. The molecule has 3 heterocycles. The van der Waals surface area contributed by atoms with E-state index in [0.717, 1.165) is 44.1 Å². The molecular weight excluding hydrogens is 561 g/mol. The Bertz CT molecular complexity index is 1720. The summed E-state index contributed by atoms with van der Waals surface area (Å²) in [7, 11) is 0. The van der Waals surface area contributed by atoms with Crippen molar-refractivity contribution in [3.8, 4) is 5.75 Å². The van der Waals surface area contributed by atoms with Gasteiger partial charge in [0.15, 0.2) is 0 Å². The number of anilines is 1. The number of nitrogens with zero attached hydrogens (tertiary/aromatic N) is 2. The number of carbonyl (C=O) groups is 2. The van der Waals surface area contributed by atoms with Crippen LogP contribution in [0.5, 0.6) is 5.75 Å². The summed E-state index contributed by atoms with van der Waals surface area (Å²) in [5.74, 6) is -2.23. The zero-order valence-electron chi connectivity index (χ0n) is 23.4. The Morgan fingerprint density at radius 3 is 2.63 bits per heavy atom. The van der Waals surface area contributed by atoms with E-state index in [1.807, 2.05) is 4.90 Å². The highest BCUT2D eigenvalue weighted by Crippen LogP contribution is 2.29. The quantitative estimate of drug-likeness (QED) is 0.174. The molecule has 8 nitrogen and oxygen atoms in total. The highest BCUT2D eigenvalue weighted by Gasteiger charge is 2.16. The molecule has 0 bridgehead atoms. The number of halogens is 3. The van der Waals surface area contributed by atoms with Gasteiger partial charge in [-0.25, -0.2) is 13.2 Å². The summed E-state index contributed by atoms with van der Waals surface area (Å²) in [5, 5.41) is 3.14. The highest BCUT2D eigenvalue weighted by atomic mass is 19.1. The van der Waals surface area contributed by atoms with Crippen LogP contribution in [0.3, 0.4) is 0 Å². The third kappa shape index (κ3) is 7.54. The molecule has 0 atom stereocenters. The lowest BCUT2D eigenvalue weighted by atomic mass is 10.2. The summed E-state index contributed by atoms with van der Waals surface area (Å²) < 4.78 is 48.6. The monoisotopic (exact) mass is 592 g/mol. The van der Waals surface area contributed by atoms with Crippen LogP contribution in [0.2, 0.25) is 0 Å². The molecule has 4 aromatic rings. The highest BCUT2D eigenvalue weighted by molar-refractivity contribution is 5.90.